The van der Waals surface area contributed by atoms with E-state index in [1.165, 1.54) is 49.4 Å². The van der Waals surface area contributed by atoms with Crippen LogP contribution in [0.3, 0.4) is 0 Å². The number of rotatable bonds is 7. The Hall–Kier alpha value is -3.46. The molecule has 1 aliphatic rings. The van der Waals surface area contributed by atoms with Crippen LogP contribution in [-0.4, -0.2) is 0 Å². The molecule has 0 spiro atoms. The molecule has 0 amide bonds. The predicted molar refractivity (Wildman–Crippen MR) is 143 cm³/mol. The zero-order chi connectivity index (χ0) is 23.5. The molecule has 0 saturated heterocycles. The number of hydrogen-bond acceptors (Lipinski definition) is 2. The van der Waals surface area contributed by atoms with Crippen molar-refractivity contribution in [3.05, 3.63) is 131 Å². The van der Waals surface area contributed by atoms with Crippen molar-refractivity contribution in [2.45, 2.75) is 45.2 Å². The maximum absolute atomic E-state index is 6.48. The predicted octanol–water partition coefficient (Wildman–Crippen LogP) is 8.30. The van der Waals surface area contributed by atoms with Crippen molar-refractivity contribution in [2.24, 2.45) is 0 Å². The van der Waals surface area contributed by atoms with Crippen LogP contribution in [0.25, 0.3) is 21.5 Å². The van der Waals surface area contributed by atoms with Crippen molar-refractivity contribution >= 4 is 21.5 Å². The van der Waals surface area contributed by atoms with Crippen LogP contribution in [0.15, 0.2) is 103 Å². The largest absolute Gasteiger partial charge is 0.372 e. The number of benzene rings is 5. The molecule has 35 heavy (non-hydrogen) atoms. The maximum Gasteiger partial charge on any atom is 0.0832 e. The molecular formula is C33H30O2. The van der Waals surface area contributed by atoms with Crippen molar-refractivity contribution in [2.75, 3.05) is 0 Å². The fourth-order valence-corrected chi connectivity index (χ4v) is 5.49. The van der Waals surface area contributed by atoms with Crippen molar-refractivity contribution < 1.29 is 9.47 Å². The van der Waals surface area contributed by atoms with E-state index in [4.69, 9.17) is 9.47 Å². The Balaban J connectivity index is 1.37. The van der Waals surface area contributed by atoms with Gasteiger partial charge in [-0.15, -0.1) is 0 Å². The Labute approximate surface area is 207 Å². The lowest BCUT2D eigenvalue weighted by Crippen LogP contribution is -2.14. The van der Waals surface area contributed by atoms with Gasteiger partial charge in [-0.1, -0.05) is 97.1 Å². The van der Waals surface area contributed by atoms with Crippen molar-refractivity contribution in [1.82, 2.24) is 0 Å². The topological polar surface area (TPSA) is 18.5 Å². The van der Waals surface area contributed by atoms with Gasteiger partial charge in [-0.2, -0.15) is 0 Å². The zero-order valence-electron chi connectivity index (χ0n) is 20.0. The molecule has 0 saturated carbocycles. The highest BCUT2D eigenvalue weighted by molar-refractivity contribution is 6.10. The fraction of sp³-hybridized carbons (Fsp3) is 0.212. The highest BCUT2D eigenvalue weighted by Crippen LogP contribution is 2.41. The molecule has 2 heteroatoms. The minimum absolute atomic E-state index is 0.132. The standard InChI is InChI=1S/C33H30O2/c1-3-10-24(11-4-1)21-34-23-27-20-26-14-7-8-15-28(26)31-19-18-29-30(33(27)31)16-9-17-32(29)35-22-25-12-5-2-6-13-25/h1-8,10-15,18-20,32H,9,16-17,21-23H2. The molecule has 1 aliphatic carbocycles. The van der Waals surface area contributed by atoms with Gasteiger partial charge in [0.15, 0.2) is 0 Å². The maximum atomic E-state index is 6.48. The smallest absolute Gasteiger partial charge is 0.0832 e. The first-order chi connectivity index (χ1) is 17.4. The van der Waals surface area contributed by atoms with Gasteiger partial charge in [-0.05, 0) is 74.7 Å². The Morgan fingerprint density at radius 1 is 0.657 bits per heavy atom. The number of aryl methyl sites for hydroxylation is 1. The van der Waals surface area contributed by atoms with Gasteiger partial charge in [0.2, 0.25) is 0 Å². The van der Waals surface area contributed by atoms with E-state index in [-0.39, 0.29) is 6.10 Å². The minimum Gasteiger partial charge on any atom is -0.372 e. The summed E-state index contributed by atoms with van der Waals surface area (Å²) in [5, 5.41) is 5.27. The number of hydrogen-bond donors (Lipinski definition) is 0. The van der Waals surface area contributed by atoms with Crippen LogP contribution in [0.5, 0.6) is 0 Å². The van der Waals surface area contributed by atoms with Gasteiger partial charge in [0.25, 0.3) is 0 Å². The summed E-state index contributed by atoms with van der Waals surface area (Å²) in [7, 11) is 0. The van der Waals surface area contributed by atoms with Crippen LogP contribution in [0.4, 0.5) is 0 Å². The second-order valence-electron chi connectivity index (χ2n) is 9.47. The van der Waals surface area contributed by atoms with Crippen molar-refractivity contribution in [3.8, 4) is 0 Å². The molecule has 5 aromatic rings. The molecule has 1 unspecified atom stereocenters. The molecule has 6 rings (SSSR count). The fourth-order valence-electron chi connectivity index (χ4n) is 5.49. The molecule has 0 radical (unpaired) electrons. The Kier molecular flexibility index (Phi) is 6.32. The molecule has 0 aliphatic heterocycles. The van der Waals surface area contributed by atoms with Gasteiger partial charge in [0.1, 0.15) is 0 Å². The van der Waals surface area contributed by atoms with Crippen LogP contribution < -0.4 is 0 Å². The first-order valence-electron chi connectivity index (χ1n) is 12.6. The molecule has 5 aromatic carbocycles. The summed E-state index contributed by atoms with van der Waals surface area (Å²) in [6.45, 7) is 1.86. The normalized spacial score (nSPS) is 15.4. The lowest BCUT2D eigenvalue weighted by Gasteiger charge is -2.28. The lowest BCUT2D eigenvalue weighted by molar-refractivity contribution is 0.0284. The average Bonchev–Trinajstić information content (AvgIpc) is 2.92. The molecule has 174 valence electrons. The van der Waals surface area contributed by atoms with Crippen LogP contribution in [0.1, 0.15) is 46.8 Å². The van der Waals surface area contributed by atoms with Gasteiger partial charge in [-0.3, -0.25) is 0 Å². The van der Waals surface area contributed by atoms with E-state index in [2.05, 4.69) is 97.1 Å². The average molecular weight is 459 g/mol. The summed E-state index contributed by atoms with van der Waals surface area (Å²) in [5.74, 6) is 0. The van der Waals surface area contributed by atoms with E-state index in [0.29, 0.717) is 19.8 Å². The summed E-state index contributed by atoms with van der Waals surface area (Å²) in [5.41, 5.74) is 6.49. The van der Waals surface area contributed by atoms with E-state index in [0.717, 1.165) is 19.3 Å². The highest BCUT2D eigenvalue weighted by Gasteiger charge is 2.24. The SMILES string of the molecule is c1ccc(COCc2cc3ccccc3c3ccc4c(c23)CCCC4OCc2ccccc2)cc1. The molecule has 0 heterocycles. The molecule has 0 bridgehead atoms. The van der Waals surface area contributed by atoms with Crippen LogP contribution >= 0.6 is 0 Å². The second-order valence-corrected chi connectivity index (χ2v) is 9.47. The van der Waals surface area contributed by atoms with Gasteiger partial charge in [0, 0.05) is 0 Å². The Bertz CT molecular complexity index is 1440. The van der Waals surface area contributed by atoms with E-state index in [1.54, 1.807) is 0 Å². The molecule has 0 aromatic heterocycles. The first-order valence-corrected chi connectivity index (χ1v) is 12.6. The van der Waals surface area contributed by atoms with E-state index in [9.17, 15) is 0 Å². The number of ether oxygens (including phenoxy) is 2. The number of fused-ring (bicyclic) bond motifs is 5. The first kappa shape index (κ1) is 22.0. The summed E-state index contributed by atoms with van der Waals surface area (Å²) in [4.78, 5) is 0. The summed E-state index contributed by atoms with van der Waals surface area (Å²) in [6.07, 6.45) is 3.43. The van der Waals surface area contributed by atoms with Gasteiger partial charge in [0.05, 0.1) is 25.9 Å². The summed E-state index contributed by atoms with van der Waals surface area (Å²) >= 11 is 0. The van der Waals surface area contributed by atoms with Gasteiger partial charge >= 0.3 is 0 Å². The van der Waals surface area contributed by atoms with Crippen LogP contribution in [-0.2, 0) is 35.7 Å². The third-order valence-electron chi connectivity index (χ3n) is 7.15. The third kappa shape index (κ3) is 4.60. The van der Waals surface area contributed by atoms with E-state index >= 15 is 0 Å². The van der Waals surface area contributed by atoms with E-state index in [1.807, 2.05) is 6.07 Å². The lowest BCUT2D eigenvalue weighted by atomic mass is 9.83. The molecule has 0 N–H and O–H groups in total. The Morgan fingerprint density at radius 2 is 1.37 bits per heavy atom. The van der Waals surface area contributed by atoms with Gasteiger partial charge in [-0.25, -0.2) is 0 Å². The van der Waals surface area contributed by atoms with Crippen molar-refractivity contribution in [1.29, 1.82) is 0 Å². The molecule has 0 fully saturated rings. The zero-order valence-corrected chi connectivity index (χ0v) is 20.0. The second kappa shape index (κ2) is 10.0. The summed E-state index contributed by atoms with van der Waals surface area (Å²) < 4.78 is 12.7. The van der Waals surface area contributed by atoms with Gasteiger partial charge < -0.3 is 9.47 Å². The van der Waals surface area contributed by atoms with Crippen LogP contribution in [0, 0.1) is 0 Å². The van der Waals surface area contributed by atoms with Crippen molar-refractivity contribution in [3.63, 3.8) is 0 Å². The minimum atomic E-state index is 0.132. The van der Waals surface area contributed by atoms with E-state index < -0.39 is 0 Å². The molecule has 2 nitrogen and oxygen atoms in total. The summed E-state index contributed by atoms with van der Waals surface area (Å²) in [6, 6.07) is 36.6. The highest BCUT2D eigenvalue weighted by atomic mass is 16.5. The quantitative estimate of drug-likeness (QED) is 0.228. The molecular weight excluding hydrogens is 428 g/mol. The third-order valence-corrected chi connectivity index (χ3v) is 7.15. The Morgan fingerprint density at radius 3 is 2.17 bits per heavy atom. The monoisotopic (exact) mass is 458 g/mol. The van der Waals surface area contributed by atoms with Crippen LogP contribution in [0.2, 0.25) is 0 Å². The molecule has 1 atom stereocenters.